The molecule has 4 heteroatoms. The van der Waals surface area contributed by atoms with Gasteiger partial charge in [-0.15, -0.1) is 0 Å². The highest BCUT2D eigenvalue weighted by Gasteiger charge is 2.13. The average molecular weight is 249 g/mol. The van der Waals surface area contributed by atoms with Gasteiger partial charge in [0.25, 0.3) is 0 Å². The number of hydrogen-bond acceptors (Lipinski definition) is 3. The van der Waals surface area contributed by atoms with Gasteiger partial charge in [0, 0.05) is 18.7 Å². The number of aryl methyl sites for hydroxylation is 1. The van der Waals surface area contributed by atoms with Gasteiger partial charge in [0.1, 0.15) is 0 Å². The summed E-state index contributed by atoms with van der Waals surface area (Å²) in [4.78, 5) is 16.0. The van der Waals surface area contributed by atoms with Crippen LogP contribution in [0.5, 0.6) is 0 Å². The summed E-state index contributed by atoms with van der Waals surface area (Å²) in [6.07, 6.45) is 3.04. The zero-order valence-corrected chi connectivity index (χ0v) is 11.4. The third-order valence-electron chi connectivity index (χ3n) is 3.10. The maximum absolute atomic E-state index is 11.7. The van der Waals surface area contributed by atoms with E-state index in [4.69, 9.17) is 5.73 Å². The molecule has 0 saturated heterocycles. The number of rotatable bonds is 6. The van der Waals surface area contributed by atoms with Crippen LogP contribution < -0.4 is 11.1 Å². The molecule has 3 N–H and O–H groups in total. The Labute approximate surface area is 109 Å². The van der Waals surface area contributed by atoms with Crippen molar-refractivity contribution in [2.45, 2.75) is 46.2 Å². The first kappa shape index (κ1) is 14.6. The normalized spacial score (nSPS) is 12.5. The molecule has 1 aromatic rings. The van der Waals surface area contributed by atoms with Crippen LogP contribution in [0, 0.1) is 5.92 Å². The van der Waals surface area contributed by atoms with E-state index in [-0.39, 0.29) is 11.9 Å². The Balaban J connectivity index is 2.47. The topological polar surface area (TPSA) is 68.0 Å². The third kappa shape index (κ3) is 4.45. The van der Waals surface area contributed by atoms with Crippen molar-refractivity contribution in [3.05, 3.63) is 29.6 Å². The number of carbonyl (C=O) groups excluding carboxylic acids is 1. The van der Waals surface area contributed by atoms with Crippen molar-refractivity contribution in [1.29, 1.82) is 0 Å². The van der Waals surface area contributed by atoms with Crippen LogP contribution in [0.1, 0.15) is 38.4 Å². The largest absolute Gasteiger partial charge is 0.350 e. The van der Waals surface area contributed by atoms with Gasteiger partial charge < -0.3 is 11.1 Å². The molecule has 18 heavy (non-hydrogen) atoms. The molecule has 0 aliphatic carbocycles. The van der Waals surface area contributed by atoms with Crippen molar-refractivity contribution in [3.8, 4) is 0 Å². The molecular formula is C14H23N3O. The zero-order valence-electron chi connectivity index (χ0n) is 11.4. The summed E-state index contributed by atoms with van der Waals surface area (Å²) < 4.78 is 0. The molecule has 1 heterocycles. The van der Waals surface area contributed by atoms with E-state index >= 15 is 0 Å². The molecule has 0 aliphatic rings. The Kier molecular flexibility index (Phi) is 5.78. The summed E-state index contributed by atoms with van der Waals surface area (Å²) in [6, 6.07) is 3.87. The highest BCUT2D eigenvalue weighted by molar-refractivity contribution is 5.76. The molecule has 1 atom stereocenters. The van der Waals surface area contributed by atoms with Crippen LogP contribution in [-0.4, -0.2) is 16.9 Å². The molecule has 0 aliphatic heterocycles. The highest BCUT2D eigenvalue weighted by Crippen LogP contribution is 2.06. The summed E-state index contributed by atoms with van der Waals surface area (Å²) in [5, 5.41) is 2.88. The molecule has 1 unspecified atom stereocenters. The van der Waals surface area contributed by atoms with E-state index in [9.17, 15) is 4.79 Å². The molecule has 0 bridgehead atoms. The van der Waals surface area contributed by atoms with Crippen molar-refractivity contribution < 1.29 is 4.79 Å². The van der Waals surface area contributed by atoms with E-state index in [1.165, 1.54) is 5.56 Å². The quantitative estimate of drug-likeness (QED) is 0.805. The molecule has 1 rings (SSSR count). The van der Waals surface area contributed by atoms with Gasteiger partial charge in [-0.3, -0.25) is 9.78 Å². The smallest absolute Gasteiger partial charge is 0.221 e. The Bertz CT molecular complexity index is 390. The van der Waals surface area contributed by atoms with Crippen molar-refractivity contribution in [3.63, 3.8) is 0 Å². The maximum atomic E-state index is 11.7. The van der Waals surface area contributed by atoms with Gasteiger partial charge >= 0.3 is 0 Å². The van der Waals surface area contributed by atoms with Crippen LogP contribution in [-0.2, 0) is 17.8 Å². The number of amides is 1. The van der Waals surface area contributed by atoms with Gasteiger partial charge in [-0.2, -0.15) is 0 Å². The Hall–Kier alpha value is -1.42. The number of hydrogen-bond donors (Lipinski definition) is 2. The Morgan fingerprint density at radius 1 is 1.50 bits per heavy atom. The fourth-order valence-electron chi connectivity index (χ4n) is 1.66. The minimum atomic E-state index is -0.0839. The summed E-state index contributed by atoms with van der Waals surface area (Å²) in [5.41, 5.74) is 7.97. The number of nitrogens with two attached hydrogens (primary N) is 1. The number of nitrogens with zero attached hydrogens (tertiary/aromatic N) is 1. The lowest BCUT2D eigenvalue weighted by atomic mass is 10.0. The van der Waals surface area contributed by atoms with Crippen LogP contribution in [0.25, 0.3) is 0 Å². The second-order valence-corrected chi connectivity index (χ2v) is 4.85. The first-order valence-electron chi connectivity index (χ1n) is 6.49. The van der Waals surface area contributed by atoms with Gasteiger partial charge in [-0.05, 0) is 24.0 Å². The molecule has 100 valence electrons. The lowest BCUT2D eigenvalue weighted by Crippen LogP contribution is -2.34. The minimum Gasteiger partial charge on any atom is -0.350 e. The monoisotopic (exact) mass is 249 g/mol. The highest BCUT2D eigenvalue weighted by atomic mass is 16.1. The fourth-order valence-corrected chi connectivity index (χ4v) is 1.66. The van der Waals surface area contributed by atoms with Crippen LogP contribution in [0.15, 0.2) is 18.3 Å². The van der Waals surface area contributed by atoms with Crippen molar-refractivity contribution in [1.82, 2.24) is 10.3 Å². The second kappa shape index (κ2) is 7.11. The van der Waals surface area contributed by atoms with Crippen LogP contribution in [0.2, 0.25) is 0 Å². The number of carbonyl (C=O) groups is 1. The van der Waals surface area contributed by atoms with Gasteiger partial charge in [-0.25, -0.2) is 0 Å². The predicted octanol–water partition coefficient (Wildman–Crippen LogP) is 1.63. The van der Waals surface area contributed by atoms with E-state index in [2.05, 4.69) is 17.2 Å². The summed E-state index contributed by atoms with van der Waals surface area (Å²) in [5.74, 6) is 0.306. The van der Waals surface area contributed by atoms with Gasteiger partial charge in [0.2, 0.25) is 5.91 Å². The van der Waals surface area contributed by atoms with Gasteiger partial charge in [0.15, 0.2) is 0 Å². The van der Waals surface area contributed by atoms with Crippen LogP contribution in [0.3, 0.4) is 0 Å². The predicted molar refractivity (Wildman–Crippen MR) is 72.9 cm³/mol. The molecule has 0 aromatic carbocycles. The fraction of sp³-hybridized carbons (Fsp3) is 0.571. The molecule has 1 amide bonds. The minimum absolute atomic E-state index is 0.0103. The van der Waals surface area contributed by atoms with Crippen molar-refractivity contribution >= 4 is 5.91 Å². The molecule has 0 spiro atoms. The number of aromatic nitrogens is 1. The molecule has 1 aromatic heterocycles. The first-order chi connectivity index (χ1) is 8.54. The van der Waals surface area contributed by atoms with E-state index < -0.39 is 0 Å². The average Bonchev–Trinajstić information content (AvgIpc) is 2.36. The standard InChI is InChI=1S/C14H23N3O/c1-4-11-6-5-7-16-13(11)9-17-14(18)8-12(15)10(2)3/h5-7,10,12H,4,8-9,15H2,1-3H3,(H,17,18). The lowest BCUT2D eigenvalue weighted by molar-refractivity contribution is -0.121. The van der Waals surface area contributed by atoms with Crippen molar-refractivity contribution in [2.75, 3.05) is 0 Å². The van der Waals surface area contributed by atoms with Gasteiger partial charge in [0.05, 0.1) is 12.2 Å². The summed E-state index contributed by atoms with van der Waals surface area (Å²) >= 11 is 0. The van der Waals surface area contributed by atoms with Crippen molar-refractivity contribution in [2.24, 2.45) is 11.7 Å². The molecule has 0 fully saturated rings. The second-order valence-electron chi connectivity index (χ2n) is 4.85. The summed E-state index contributed by atoms with van der Waals surface area (Å²) in [6.45, 7) is 6.60. The van der Waals surface area contributed by atoms with Crippen LogP contribution in [0.4, 0.5) is 0 Å². The number of nitrogens with one attached hydrogen (secondary N) is 1. The van der Waals surface area contributed by atoms with Gasteiger partial charge in [-0.1, -0.05) is 26.8 Å². The van der Waals surface area contributed by atoms with Crippen LogP contribution >= 0.6 is 0 Å². The van der Waals surface area contributed by atoms with E-state index in [0.717, 1.165) is 12.1 Å². The SMILES string of the molecule is CCc1cccnc1CNC(=O)CC(N)C(C)C. The molecular weight excluding hydrogens is 226 g/mol. The first-order valence-corrected chi connectivity index (χ1v) is 6.49. The maximum Gasteiger partial charge on any atom is 0.221 e. The Morgan fingerprint density at radius 3 is 2.83 bits per heavy atom. The van der Waals surface area contributed by atoms with E-state index in [1.807, 2.05) is 26.0 Å². The molecule has 0 saturated carbocycles. The lowest BCUT2D eigenvalue weighted by Gasteiger charge is -2.15. The summed E-state index contributed by atoms with van der Waals surface area (Å²) in [7, 11) is 0. The molecule has 4 nitrogen and oxygen atoms in total. The van der Waals surface area contributed by atoms with E-state index in [0.29, 0.717) is 18.9 Å². The zero-order chi connectivity index (χ0) is 13.5. The third-order valence-corrected chi connectivity index (χ3v) is 3.10. The van der Waals surface area contributed by atoms with E-state index in [1.54, 1.807) is 6.20 Å². The Morgan fingerprint density at radius 2 is 2.22 bits per heavy atom. The number of pyridine rings is 1. The molecule has 0 radical (unpaired) electrons.